The van der Waals surface area contributed by atoms with Crippen LogP contribution >= 0.6 is 0 Å². The molecule has 2 rings (SSSR count). The Balaban J connectivity index is 2.05. The topological polar surface area (TPSA) is 52.6 Å². The minimum atomic E-state index is -1.08. The summed E-state index contributed by atoms with van der Waals surface area (Å²) in [5, 5.41) is 9.37. The number of benzene rings is 1. The lowest BCUT2D eigenvalue weighted by atomic mass is 10.1. The molecule has 4 nitrogen and oxygen atoms in total. The van der Waals surface area contributed by atoms with E-state index in [0.717, 1.165) is 11.3 Å². The number of hydrogen-bond donors (Lipinski definition) is 2. The lowest BCUT2D eigenvalue weighted by Crippen LogP contribution is -2.50. The van der Waals surface area contributed by atoms with E-state index in [2.05, 4.69) is 15.7 Å². The quantitative estimate of drug-likeness (QED) is 0.893. The van der Waals surface area contributed by atoms with Crippen molar-refractivity contribution in [1.82, 2.24) is 4.72 Å². The van der Waals surface area contributed by atoms with Crippen LogP contribution in [0.15, 0.2) is 24.3 Å². The van der Waals surface area contributed by atoms with E-state index in [1.165, 1.54) is 0 Å². The summed E-state index contributed by atoms with van der Waals surface area (Å²) in [6.45, 7) is 9.29. The molecule has 112 valence electrons. The average Bonchev–Trinajstić information content (AvgIpc) is 2.34. The first-order chi connectivity index (χ1) is 9.27. The van der Waals surface area contributed by atoms with Crippen molar-refractivity contribution in [1.29, 1.82) is 0 Å². The van der Waals surface area contributed by atoms with Crippen molar-refractivity contribution in [2.24, 2.45) is 0 Å². The zero-order valence-electron chi connectivity index (χ0n) is 12.6. The van der Waals surface area contributed by atoms with Gasteiger partial charge in [0.2, 0.25) is 0 Å². The molecule has 1 aromatic carbocycles. The van der Waals surface area contributed by atoms with Gasteiger partial charge in [-0.15, -0.1) is 0 Å². The molecule has 5 heteroatoms. The summed E-state index contributed by atoms with van der Waals surface area (Å²) in [4.78, 5) is 2.14. The van der Waals surface area contributed by atoms with Gasteiger partial charge in [0.25, 0.3) is 0 Å². The fourth-order valence-corrected chi connectivity index (χ4v) is 2.87. The van der Waals surface area contributed by atoms with E-state index in [9.17, 15) is 9.32 Å². The monoisotopic (exact) mass is 296 g/mol. The second-order valence-corrected chi connectivity index (χ2v) is 8.37. The van der Waals surface area contributed by atoms with Crippen LogP contribution in [-0.4, -0.2) is 33.3 Å². The molecule has 20 heavy (non-hydrogen) atoms. The van der Waals surface area contributed by atoms with E-state index in [1.54, 1.807) is 0 Å². The zero-order valence-corrected chi connectivity index (χ0v) is 13.4. The Hall–Kier alpha value is -0.910. The summed E-state index contributed by atoms with van der Waals surface area (Å²) in [7, 11) is -1.08. The highest BCUT2D eigenvalue weighted by Gasteiger charge is 2.25. The van der Waals surface area contributed by atoms with Crippen LogP contribution < -0.4 is 9.62 Å². The van der Waals surface area contributed by atoms with E-state index in [-0.39, 0.29) is 16.9 Å². The fraction of sp³-hybridized carbons (Fsp3) is 0.600. The Morgan fingerprint density at radius 1 is 1.40 bits per heavy atom. The maximum absolute atomic E-state index is 12.1. The number of hydrogen-bond acceptors (Lipinski definition) is 3. The molecule has 0 bridgehead atoms. The predicted molar refractivity (Wildman–Crippen MR) is 84.1 cm³/mol. The summed E-state index contributed by atoms with van der Waals surface area (Å²) in [6, 6.07) is 8.22. The molecule has 2 N–H and O–H groups in total. The fourth-order valence-electron chi connectivity index (χ4n) is 2.06. The van der Waals surface area contributed by atoms with Crippen molar-refractivity contribution in [2.45, 2.75) is 44.6 Å². The second-order valence-electron chi connectivity index (χ2n) is 6.37. The van der Waals surface area contributed by atoms with Gasteiger partial charge < -0.3 is 10.0 Å². The van der Waals surface area contributed by atoms with Crippen LogP contribution in [0.4, 0.5) is 5.69 Å². The standard InChI is InChI=1S/C15H24N2O2S/c1-11(16-20(19)15(2,3)4)12-6-5-7-13(8-12)17-9-14(18)10-17/h5-8,11,14,16,18H,9-10H2,1-4H3/t11-,20+/m1/s1. The molecule has 1 aromatic rings. The molecular formula is C15H24N2O2S. The van der Waals surface area contributed by atoms with Gasteiger partial charge in [-0.3, -0.25) is 0 Å². The minimum absolute atomic E-state index is 0.0289. The first kappa shape index (κ1) is 15.5. The van der Waals surface area contributed by atoms with E-state index < -0.39 is 11.0 Å². The summed E-state index contributed by atoms with van der Waals surface area (Å²) in [6.07, 6.45) is -0.206. The van der Waals surface area contributed by atoms with E-state index in [4.69, 9.17) is 0 Å². The van der Waals surface area contributed by atoms with Crippen molar-refractivity contribution in [3.63, 3.8) is 0 Å². The molecule has 0 aliphatic carbocycles. The largest absolute Gasteiger partial charge is 0.389 e. The Morgan fingerprint density at radius 3 is 2.60 bits per heavy atom. The van der Waals surface area contributed by atoms with Crippen LogP contribution in [0, 0.1) is 0 Å². The number of aliphatic hydroxyl groups is 1. The Bertz CT molecular complexity index is 493. The number of rotatable bonds is 4. The predicted octanol–water partition coefficient (Wildman–Crippen LogP) is 1.98. The molecule has 1 saturated heterocycles. The summed E-state index contributed by atoms with van der Waals surface area (Å²) < 4.78 is 15.0. The van der Waals surface area contributed by atoms with Crippen molar-refractivity contribution >= 4 is 16.7 Å². The highest BCUT2D eigenvalue weighted by molar-refractivity contribution is 7.84. The van der Waals surface area contributed by atoms with Gasteiger partial charge in [0.05, 0.1) is 21.8 Å². The van der Waals surface area contributed by atoms with Crippen molar-refractivity contribution in [3.8, 4) is 0 Å². The van der Waals surface area contributed by atoms with Crippen LogP contribution in [0.25, 0.3) is 0 Å². The van der Waals surface area contributed by atoms with Gasteiger partial charge in [0, 0.05) is 24.8 Å². The molecule has 0 radical (unpaired) electrons. The first-order valence-corrected chi connectivity index (χ1v) is 8.13. The van der Waals surface area contributed by atoms with Crippen molar-refractivity contribution < 1.29 is 9.32 Å². The Morgan fingerprint density at radius 2 is 2.05 bits per heavy atom. The molecule has 0 aromatic heterocycles. The van der Waals surface area contributed by atoms with Gasteiger partial charge in [-0.2, -0.15) is 0 Å². The zero-order chi connectivity index (χ0) is 14.9. The highest BCUT2D eigenvalue weighted by Crippen LogP contribution is 2.25. The van der Waals surface area contributed by atoms with Gasteiger partial charge in [-0.25, -0.2) is 8.93 Å². The van der Waals surface area contributed by atoms with Gasteiger partial charge >= 0.3 is 0 Å². The molecule has 0 saturated carbocycles. The normalized spacial score (nSPS) is 19.6. The van der Waals surface area contributed by atoms with Crippen molar-refractivity contribution in [2.75, 3.05) is 18.0 Å². The van der Waals surface area contributed by atoms with Crippen LogP contribution in [0.5, 0.6) is 0 Å². The molecule has 1 aliphatic rings. The minimum Gasteiger partial charge on any atom is -0.389 e. The third-order valence-electron chi connectivity index (χ3n) is 3.44. The van der Waals surface area contributed by atoms with E-state index in [1.807, 2.05) is 45.9 Å². The average molecular weight is 296 g/mol. The van der Waals surface area contributed by atoms with Crippen LogP contribution in [0.3, 0.4) is 0 Å². The van der Waals surface area contributed by atoms with Gasteiger partial charge in [-0.05, 0) is 45.4 Å². The number of anilines is 1. The van der Waals surface area contributed by atoms with Crippen LogP contribution in [0.1, 0.15) is 39.3 Å². The molecule has 2 atom stereocenters. The molecule has 0 amide bonds. The third-order valence-corrected chi connectivity index (χ3v) is 5.12. The van der Waals surface area contributed by atoms with E-state index in [0.29, 0.717) is 13.1 Å². The summed E-state index contributed by atoms with van der Waals surface area (Å²) in [5.41, 5.74) is 2.23. The highest BCUT2D eigenvalue weighted by atomic mass is 32.2. The van der Waals surface area contributed by atoms with Crippen LogP contribution in [0.2, 0.25) is 0 Å². The molecule has 1 fully saturated rings. The Kier molecular flexibility index (Phi) is 4.52. The van der Waals surface area contributed by atoms with Crippen molar-refractivity contribution in [3.05, 3.63) is 29.8 Å². The molecule has 1 aliphatic heterocycles. The molecule has 0 spiro atoms. The summed E-state index contributed by atoms with van der Waals surface area (Å²) in [5.74, 6) is 0. The SMILES string of the molecule is C[C@@H](N[S@@](=O)C(C)(C)C)c1cccc(N2CC(O)C2)c1. The maximum atomic E-state index is 12.1. The molecule has 1 heterocycles. The molecular weight excluding hydrogens is 272 g/mol. The third kappa shape index (κ3) is 3.59. The number of β-amino-alcohol motifs (C(OH)–C–C–N with tert-alkyl or cyclic N) is 1. The van der Waals surface area contributed by atoms with Gasteiger partial charge in [-0.1, -0.05) is 12.1 Å². The van der Waals surface area contributed by atoms with E-state index >= 15 is 0 Å². The maximum Gasteiger partial charge on any atom is 0.0975 e. The first-order valence-electron chi connectivity index (χ1n) is 6.98. The smallest absolute Gasteiger partial charge is 0.0975 e. The van der Waals surface area contributed by atoms with Gasteiger partial charge in [0.1, 0.15) is 0 Å². The Labute approximate surface area is 123 Å². The lowest BCUT2D eigenvalue weighted by Gasteiger charge is -2.38. The van der Waals surface area contributed by atoms with Gasteiger partial charge in [0.15, 0.2) is 0 Å². The number of nitrogens with one attached hydrogen (secondary N) is 1. The second kappa shape index (κ2) is 5.84. The summed E-state index contributed by atoms with van der Waals surface area (Å²) >= 11 is 0. The molecule has 0 unspecified atom stereocenters. The lowest BCUT2D eigenvalue weighted by molar-refractivity contribution is 0.142. The number of aliphatic hydroxyl groups excluding tert-OH is 1. The number of nitrogens with zero attached hydrogens (tertiary/aromatic N) is 1. The van der Waals surface area contributed by atoms with Crippen LogP contribution in [-0.2, 0) is 11.0 Å².